The average molecular weight is 284 g/mol. The smallest absolute Gasteiger partial charge is 0.227 e. The first-order valence-corrected chi connectivity index (χ1v) is 8.00. The number of aromatic amines is 1. The van der Waals surface area contributed by atoms with Crippen LogP contribution in [0.1, 0.15) is 38.7 Å². The number of benzene rings is 1. The summed E-state index contributed by atoms with van der Waals surface area (Å²) in [5.41, 5.74) is 2.58. The summed E-state index contributed by atoms with van der Waals surface area (Å²) < 4.78 is 0. The number of carbonyl (C=O) groups is 1. The lowest BCUT2D eigenvalue weighted by atomic mass is 9.82. The van der Waals surface area contributed by atoms with Gasteiger partial charge in [0.15, 0.2) is 0 Å². The Bertz CT molecular complexity index is 639. The highest BCUT2D eigenvalue weighted by Crippen LogP contribution is 2.37. The van der Waals surface area contributed by atoms with E-state index in [0.29, 0.717) is 11.8 Å². The zero-order valence-electron chi connectivity index (χ0n) is 13.0. The highest BCUT2D eigenvalue weighted by Gasteiger charge is 2.36. The molecule has 0 unspecified atom stereocenters. The first-order valence-electron chi connectivity index (χ1n) is 8.00. The number of hydrogen-bond acceptors (Lipinski definition) is 1. The molecule has 0 radical (unpaired) electrons. The third kappa shape index (κ3) is 2.57. The highest BCUT2D eigenvalue weighted by molar-refractivity contribution is 5.89. The Morgan fingerprint density at radius 2 is 2.05 bits per heavy atom. The zero-order chi connectivity index (χ0) is 14.9. The van der Waals surface area contributed by atoms with Crippen molar-refractivity contribution < 1.29 is 4.79 Å². The van der Waals surface area contributed by atoms with Crippen LogP contribution in [0.15, 0.2) is 30.5 Å². The number of fused-ring (bicyclic) bond motifs is 1. The Morgan fingerprint density at radius 1 is 1.29 bits per heavy atom. The maximum atomic E-state index is 12.6. The van der Waals surface area contributed by atoms with Gasteiger partial charge in [-0.05, 0) is 36.3 Å². The van der Waals surface area contributed by atoms with Crippen LogP contribution in [0, 0.1) is 5.41 Å². The maximum Gasteiger partial charge on any atom is 0.227 e. The van der Waals surface area contributed by atoms with Crippen LogP contribution in [0.4, 0.5) is 0 Å². The summed E-state index contributed by atoms with van der Waals surface area (Å²) in [4.78, 5) is 17.9. The van der Waals surface area contributed by atoms with Crippen molar-refractivity contribution in [1.29, 1.82) is 0 Å². The van der Waals surface area contributed by atoms with Gasteiger partial charge in [-0.3, -0.25) is 4.79 Å². The fourth-order valence-corrected chi connectivity index (χ4v) is 3.53. The molecule has 1 N–H and O–H groups in total. The number of hydrogen-bond donors (Lipinski definition) is 1. The van der Waals surface area contributed by atoms with Crippen LogP contribution in [0.5, 0.6) is 0 Å². The summed E-state index contributed by atoms with van der Waals surface area (Å²) in [7, 11) is 0. The molecule has 1 aliphatic heterocycles. The predicted molar refractivity (Wildman–Crippen MR) is 86.2 cm³/mol. The number of aromatic nitrogens is 1. The van der Waals surface area contributed by atoms with Crippen LogP contribution in [0.2, 0.25) is 0 Å². The highest BCUT2D eigenvalue weighted by atomic mass is 16.2. The van der Waals surface area contributed by atoms with Crippen LogP contribution < -0.4 is 0 Å². The van der Waals surface area contributed by atoms with Crippen molar-refractivity contribution in [2.45, 2.75) is 39.5 Å². The molecule has 1 aromatic carbocycles. The van der Waals surface area contributed by atoms with E-state index in [4.69, 9.17) is 0 Å². The second-order valence-electron chi connectivity index (χ2n) is 6.31. The molecule has 3 heteroatoms. The number of carbonyl (C=O) groups excluding carboxylic acids is 1. The van der Waals surface area contributed by atoms with E-state index in [9.17, 15) is 4.79 Å². The number of H-pyrrole nitrogens is 1. The zero-order valence-corrected chi connectivity index (χ0v) is 13.0. The lowest BCUT2D eigenvalue weighted by Gasteiger charge is -2.26. The molecule has 0 spiro atoms. The lowest BCUT2D eigenvalue weighted by Crippen LogP contribution is -2.32. The molecule has 1 saturated heterocycles. The van der Waals surface area contributed by atoms with Gasteiger partial charge >= 0.3 is 0 Å². The SMILES string of the molecule is CCC1(CC)CCN(C(=O)Cc2c[nH]c3ccccc23)C1. The number of nitrogens with one attached hydrogen (secondary N) is 1. The summed E-state index contributed by atoms with van der Waals surface area (Å²) in [5.74, 6) is 0.267. The number of nitrogens with zero attached hydrogens (tertiary/aromatic N) is 1. The van der Waals surface area contributed by atoms with Crippen molar-refractivity contribution in [2.24, 2.45) is 5.41 Å². The van der Waals surface area contributed by atoms with E-state index >= 15 is 0 Å². The summed E-state index contributed by atoms with van der Waals surface area (Å²) in [6, 6.07) is 8.18. The van der Waals surface area contributed by atoms with E-state index in [1.807, 2.05) is 18.3 Å². The second-order valence-corrected chi connectivity index (χ2v) is 6.31. The summed E-state index contributed by atoms with van der Waals surface area (Å²) in [5, 5.41) is 1.17. The number of likely N-dealkylation sites (tertiary alicyclic amines) is 1. The third-order valence-corrected chi connectivity index (χ3v) is 5.31. The minimum atomic E-state index is 0.267. The molecule has 21 heavy (non-hydrogen) atoms. The van der Waals surface area contributed by atoms with Gasteiger partial charge in [0.05, 0.1) is 6.42 Å². The molecular weight excluding hydrogens is 260 g/mol. The standard InChI is InChI=1S/C18H24N2O/c1-3-18(4-2)9-10-20(13-18)17(21)11-14-12-19-16-8-6-5-7-15(14)16/h5-8,12,19H,3-4,9-11,13H2,1-2H3. The quantitative estimate of drug-likeness (QED) is 0.912. The largest absolute Gasteiger partial charge is 0.361 e. The Labute approximate surface area is 126 Å². The number of rotatable bonds is 4. The van der Waals surface area contributed by atoms with Crippen LogP contribution in [0.3, 0.4) is 0 Å². The van der Waals surface area contributed by atoms with Crippen molar-refractivity contribution in [1.82, 2.24) is 9.88 Å². The van der Waals surface area contributed by atoms with Gasteiger partial charge in [0.2, 0.25) is 5.91 Å². The van der Waals surface area contributed by atoms with Gasteiger partial charge < -0.3 is 9.88 Å². The van der Waals surface area contributed by atoms with Gasteiger partial charge in [0.1, 0.15) is 0 Å². The molecule has 0 bridgehead atoms. The van der Waals surface area contributed by atoms with Gasteiger partial charge in [-0.25, -0.2) is 0 Å². The maximum absolute atomic E-state index is 12.6. The van der Waals surface area contributed by atoms with Crippen molar-refractivity contribution in [2.75, 3.05) is 13.1 Å². The van der Waals surface area contributed by atoms with Gasteiger partial charge in [-0.2, -0.15) is 0 Å². The Kier molecular flexibility index (Phi) is 3.75. The lowest BCUT2D eigenvalue weighted by molar-refractivity contribution is -0.129. The van der Waals surface area contributed by atoms with Crippen molar-refractivity contribution in [3.05, 3.63) is 36.0 Å². The van der Waals surface area contributed by atoms with Crippen LogP contribution in [-0.4, -0.2) is 28.9 Å². The first-order chi connectivity index (χ1) is 10.2. The summed E-state index contributed by atoms with van der Waals surface area (Å²) in [6.07, 6.45) is 5.97. The minimum absolute atomic E-state index is 0.267. The fourth-order valence-electron chi connectivity index (χ4n) is 3.53. The third-order valence-electron chi connectivity index (χ3n) is 5.31. The van der Waals surface area contributed by atoms with E-state index in [0.717, 1.165) is 30.6 Å². The molecule has 3 rings (SSSR count). The summed E-state index contributed by atoms with van der Waals surface area (Å²) in [6.45, 7) is 6.35. The van der Waals surface area contributed by atoms with Gasteiger partial charge in [-0.1, -0.05) is 32.0 Å². The van der Waals surface area contributed by atoms with E-state index < -0.39 is 0 Å². The normalized spacial score (nSPS) is 17.5. The second kappa shape index (κ2) is 5.55. The molecule has 0 aliphatic carbocycles. The molecule has 0 saturated carbocycles. The Balaban J connectivity index is 1.73. The molecule has 112 valence electrons. The monoisotopic (exact) mass is 284 g/mol. The van der Waals surface area contributed by atoms with E-state index in [-0.39, 0.29) is 5.91 Å². The molecular formula is C18H24N2O. The van der Waals surface area contributed by atoms with Crippen molar-refractivity contribution in [3.8, 4) is 0 Å². The van der Waals surface area contributed by atoms with Gasteiger partial charge in [-0.15, -0.1) is 0 Å². The summed E-state index contributed by atoms with van der Waals surface area (Å²) >= 11 is 0. The molecule has 2 heterocycles. The minimum Gasteiger partial charge on any atom is -0.361 e. The Hall–Kier alpha value is -1.77. The fraction of sp³-hybridized carbons (Fsp3) is 0.500. The molecule has 2 aromatic rings. The molecule has 1 fully saturated rings. The van der Waals surface area contributed by atoms with E-state index in [2.05, 4.69) is 35.9 Å². The molecule has 0 atom stereocenters. The predicted octanol–water partition coefficient (Wildman–Crippen LogP) is 3.75. The number of para-hydroxylation sites is 1. The van der Waals surface area contributed by atoms with Crippen molar-refractivity contribution >= 4 is 16.8 Å². The van der Waals surface area contributed by atoms with Crippen LogP contribution in [-0.2, 0) is 11.2 Å². The van der Waals surface area contributed by atoms with Crippen LogP contribution in [0.25, 0.3) is 10.9 Å². The van der Waals surface area contributed by atoms with Gasteiger partial charge in [0, 0.05) is 30.2 Å². The van der Waals surface area contributed by atoms with E-state index in [1.54, 1.807) is 0 Å². The molecule has 3 nitrogen and oxygen atoms in total. The number of amides is 1. The molecule has 1 aromatic heterocycles. The first kappa shape index (κ1) is 14.2. The van der Waals surface area contributed by atoms with Crippen LogP contribution >= 0.6 is 0 Å². The molecule has 1 amide bonds. The molecule has 1 aliphatic rings. The van der Waals surface area contributed by atoms with Gasteiger partial charge in [0.25, 0.3) is 0 Å². The van der Waals surface area contributed by atoms with E-state index in [1.165, 1.54) is 18.2 Å². The van der Waals surface area contributed by atoms with Crippen molar-refractivity contribution in [3.63, 3.8) is 0 Å². The Morgan fingerprint density at radius 3 is 2.76 bits per heavy atom. The topological polar surface area (TPSA) is 36.1 Å². The average Bonchev–Trinajstić information content (AvgIpc) is 3.13.